The molecular weight excluding hydrogens is 240 g/mol. The van der Waals surface area contributed by atoms with Crippen molar-refractivity contribution >= 4 is 0 Å². The summed E-state index contributed by atoms with van der Waals surface area (Å²) in [7, 11) is 0. The van der Waals surface area contributed by atoms with Crippen molar-refractivity contribution in [3.8, 4) is 0 Å². The molecule has 0 amide bonds. The van der Waals surface area contributed by atoms with Gasteiger partial charge in [0.1, 0.15) is 0 Å². The topological polar surface area (TPSA) is 0 Å². The molecule has 0 aromatic carbocycles. The van der Waals surface area contributed by atoms with Crippen molar-refractivity contribution in [2.24, 2.45) is 17.8 Å². The Balaban J connectivity index is 3.37. The van der Waals surface area contributed by atoms with Crippen LogP contribution in [-0.2, 0) is 0 Å². The summed E-state index contributed by atoms with van der Waals surface area (Å²) in [6.07, 6.45) is 17.2. The van der Waals surface area contributed by atoms with E-state index in [1.165, 1.54) is 77.0 Å². The lowest BCUT2D eigenvalue weighted by atomic mass is 9.89. The number of hydrogen-bond donors (Lipinski definition) is 0. The highest BCUT2D eigenvalue weighted by Crippen LogP contribution is 2.22. The Morgan fingerprint density at radius 1 is 0.550 bits per heavy atom. The quantitative estimate of drug-likeness (QED) is 0.287. The second kappa shape index (κ2) is 14.0. The van der Waals surface area contributed by atoms with Crippen LogP contribution < -0.4 is 0 Å². The lowest BCUT2D eigenvalue weighted by molar-refractivity contribution is 0.356. The molecule has 0 N–H and O–H groups in total. The summed E-state index contributed by atoms with van der Waals surface area (Å²) in [5, 5.41) is 0. The van der Waals surface area contributed by atoms with Crippen molar-refractivity contribution in [1.29, 1.82) is 0 Å². The molecule has 0 spiro atoms. The Bertz CT molecular complexity index is 184. The fourth-order valence-corrected chi connectivity index (χ4v) is 3.21. The summed E-state index contributed by atoms with van der Waals surface area (Å²) in [6, 6.07) is 0. The SMILES string of the molecule is CCCCCC(C)CC(C)CCCCCCC(C)CC. The molecule has 122 valence electrons. The van der Waals surface area contributed by atoms with Crippen molar-refractivity contribution in [2.75, 3.05) is 0 Å². The Hall–Kier alpha value is 0. The molecule has 3 unspecified atom stereocenters. The molecule has 0 fully saturated rings. The van der Waals surface area contributed by atoms with Gasteiger partial charge in [-0.15, -0.1) is 0 Å². The third-order valence-corrected chi connectivity index (χ3v) is 4.95. The van der Waals surface area contributed by atoms with Crippen LogP contribution in [0.15, 0.2) is 0 Å². The highest BCUT2D eigenvalue weighted by atomic mass is 14.1. The predicted octanol–water partition coefficient (Wildman–Crippen LogP) is 7.62. The van der Waals surface area contributed by atoms with Crippen LogP contribution in [0, 0.1) is 17.8 Å². The summed E-state index contributed by atoms with van der Waals surface area (Å²) in [5.41, 5.74) is 0. The standard InChI is InChI=1S/C20H42/c1-6-8-11-15-19(4)17-20(5)16-13-10-9-12-14-18(3)7-2/h18-20H,6-17H2,1-5H3. The van der Waals surface area contributed by atoms with Gasteiger partial charge in [-0.25, -0.2) is 0 Å². The van der Waals surface area contributed by atoms with Gasteiger partial charge in [-0.1, -0.05) is 105 Å². The van der Waals surface area contributed by atoms with Gasteiger partial charge < -0.3 is 0 Å². The minimum absolute atomic E-state index is 0.942. The first-order chi connectivity index (χ1) is 9.60. The molecule has 0 heterocycles. The van der Waals surface area contributed by atoms with Gasteiger partial charge in [-0.2, -0.15) is 0 Å². The highest BCUT2D eigenvalue weighted by molar-refractivity contribution is 4.61. The van der Waals surface area contributed by atoms with Gasteiger partial charge in [-0.05, 0) is 24.2 Å². The number of unbranched alkanes of at least 4 members (excludes halogenated alkanes) is 5. The van der Waals surface area contributed by atoms with Crippen molar-refractivity contribution in [3.63, 3.8) is 0 Å². The molecule has 0 heteroatoms. The van der Waals surface area contributed by atoms with Gasteiger partial charge >= 0.3 is 0 Å². The van der Waals surface area contributed by atoms with Crippen molar-refractivity contribution in [1.82, 2.24) is 0 Å². The zero-order chi connectivity index (χ0) is 15.2. The third kappa shape index (κ3) is 13.0. The molecule has 0 aliphatic rings. The molecule has 0 aromatic rings. The zero-order valence-corrected chi connectivity index (χ0v) is 15.2. The van der Waals surface area contributed by atoms with E-state index in [4.69, 9.17) is 0 Å². The molecule has 0 aliphatic heterocycles. The molecule has 0 saturated carbocycles. The molecular formula is C20H42. The first-order valence-electron chi connectivity index (χ1n) is 9.60. The first kappa shape index (κ1) is 20.0. The Morgan fingerprint density at radius 2 is 1.00 bits per heavy atom. The van der Waals surface area contributed by atoms with Crippen molar-refractivity contribution < 1.29 is 0 Å². The molecule has 3 atom stereocenters. The van der Waals surface area contributed by atoms with E-state index in [2.05, 4.69) is 34.6 Å². The Kier molecular flexibility index (Phi) is 14.0. The number of rotatable bonds is 14. The van der Waals surface area contributed by atoms with E-state index < -0.39 is 0 Å². The van der Waals surface area contributed by atoms with Crippen molar-refractivity contribution in [2.45, 2.75) is 112 Å². The average molecular weight is 283 g/mol. The minimum Gasteiger partial charge on any atom is -0.0654 e. The van der Waals surface area contributed by atoms with Crippen LogP contribution >= 0.6 is 0 Å². The fraction of sp³-hybridized carbons (Fsp3) is 1.00. The molecule has 0 bridgehead atoms. The molecule has 0 aromatic heterocycles. The third-order valence-electron chi connectivity index (χ3n) is 4.95. The highest BCUT2D eigenvalue weighted by Gasteiger charge is 2.08. The molecule has 0 radical (unpaired) electrons. The van der Waals surface area contributed by atoms with Gasteiger partial charge in [0.15, 0.2) is 0 Å². The minimum atomic E-state index is 0.942. The molecule has 0 aliphatic carbocycles. The van der Waals surface area contributed by atoms with Crippen LogP contribution in [0.1, 0.15) is 112 Å². The molecule has 0 saturated heterocycles. The van der Waals surface area contributed by atoms with Gasteiger partial charge in [0.05, 0.1) is 0 Å². The fourth-order valence-electron chi connectivity index (χ4n) is 3.21. The van der Waals surface area contributed by atoms with E-state index in [1.54, 1.807) is 0 Å². The Morgan fingerprint density at radius 3 is 1.45 bits per heavy atom. The van der Waals surface area contributed by atoms with Crippen LogP contribution in [0.25, 0.3) is 0 Å². The van der Waals surface area contributed by atoms with Crippen molar-refractivity contribution in [3.05, 3.63) is 0 Å². The molecule has 0 rings (SSSR count). The summed E-state index contributed by atoms with van der Waals surface area (Å²) in [4.78, 5) is 0. The van der Waals surface area contributed by atoms with Gasteiger partial charge in [0.25, 0.3) is 0 Å². The normalized spacial score (nSPS) is 16.1. The van der Waals surface area contributed by atoms with Crippen LogP contribution in [0.4, 0.5) is 0 Å². The van der Waals surface area contributed by atoms with E-state index in [1.807, 2.05) is 0 Å². The van der Waals surface area contributed by atoms with Crippen LogP contribution in [-0.4, -0.2) is 0 Å². The van der Waals surface area contributed by atoms with Crippen LogP contribution in [0.5, 0.6) is 0 Å². The van der Waals surface area contributed by atoms with E-state index >= 15 is 0 Å². The summed E-state index contributed by atoms with van der Waals surface area (Å²) in [6.45, 7) is 11.9. The lowest BCUT2D eigenvalue weighted by Gasteiger charge is -2.17. The molecule has 0 nitrogen and oxygen atoms in total. The Labute approximate surface area is 130 Å². The maximum atomic E-state index is 2.47. The van der Waals surface area contributed by atoms with Gasteiger partial charge in [0.2, 0.25) is 0 Å². The monoisotopic (exact) mass is 282 g/mol. The predicted molar refractivity (Wildman–Crippen MR) is 94.2 cm³/mol. The average Bonchev–Trinajstić information content (AvgIpc) is 2.42. The van der Waals surface area contributed by atoms with E-state index in [0.29, 0.717) is 0 Å². The van der Waals surface area contributed by atoms with E-state index in [-0.39, 0.29) is 0 Å². The maximum absolute atomic E-state index is 2.47. The lowest BCUT2D eigenvalue weighted by Crippen LogP contribution is -2.03. The summed E-state index contributed by atoms with van der Waals surface area (Å²) >= 11 is 0. The second-order valence-electron chi connectivity index (χ2n) is 7.45. The van der Waals surface area contributed by atoms with Crippen LogP contribution in [0.2, 0.25) is 0 Å². The smallest absolute Gasteiger partial charge is 0.0440 e. The summed E-state index contributed by atoms with van der Waals surface area (Å²) in [5.74, 6) is 2.83. The number of hydrogen-bond acceptors (Lipinski definition) is 0. The van der Waals surface area contributed by atoms with E-state index in [9.17, 15) is 0 Å². The van der Waals surface area contributed by atoms with Gasteiger partial charge in [-0.3, -0.25) is 0 Å². The zero-order valence-electron chi connectivity index (χ0n) is 15.2. The second-order valence-corrected chi connectivity index (χ2v) is 7.45. The van der Waals surface area contributed by atoms with E-state index in [0.717, 1.165) is 17.8 Å². The largest absolute Gasteiger partial charge is 0.0654 e. The first-order valence-corrected chi connectivity index (χ1v) is 9.60. The summed E-state index contributed by atoms with van der Waals surface area (Å²) < 4.78 is 0. The maximum Gasteiger partial charge on any atom is -0.0440 e. The van der Waals surface area contributed by atoms with Crippen LogP contribution in [0.3, 0.4) is 0 Å². The van der Waals surface area contributed by atoms with Gasteiger partial charge in [0, 0.05) is 0 Å². The molecule has 20 heavy (non-hydrogen) atoms.